The minimum absolute atomic E-state index is 0.0360. The van der Waals surface area contributed by atoms with Gasteiger partial charge in [-0.1, -0.05) is 11.6 Å². The molecule has 1 saturated carbocycles. The van der Waals surface area contributed by atoms with Crippen LogP contribution >= 0.6 is 23.4 Å². The predicted molar refractivity (Wildman–Crippen MR) is 61.2 cm³/mol. The highest BCUT2D eigenvalue weighted by Crippen LogP contribution is 2.34. The van der Waals surface area contributed by atoms with Crippen LogP contribution in [-0.4, -0.2) is 11.4 Å². The fourth-order valence-electron chi connectivity index (χ4n) is 1.06. The van der Waals surface area contributed by atoms with E-state index in [1.54, 1.807) is 0 Å². The van der Waals surface area contributed by atoms with Gasteiger partial charge in [0, 0.05) is 4.90 Å². The van der Waals surface area contributed by atoms with Crippen LogP contribution in [0.3, 0.4) is 0 Å². The quantitative estimate of drug-likeness (QED) is 0.503. The standard InChI is InChI=1S/C10H9ClFNO2S/c11-6-3-7(12)8(13)4-9(6)16-10(14)15-5-1-2-5/h3-5H,1-2,13H2. The highest BCUT2D eigenvalue weighted by molar-refractivity contribution is 8.13. The Balaban J connectivity index is 2.07. The van der Waals surface area contributed by atoms with Crippen LogP contribution in [-0.2, 0) is 4.74 Å². The van der Waals surface area contributed by atoms with Crippen LogP contribution in [0.15, 0.2) is 17.0 Å². The molecule has 0 spiro atoms. The number of anilines is 1. The van der Waals surface area contributed by atoms with Crippen LogP contribution in [0.4, 0.5) is 14.9 Å². The van der Waals surface area contributed by atoms with Crippen LogP contribution in [0.1, 0.15) is 12.8 Å². The largest absolute Gasteiger partial charge is 0.454 e. The summed E-state index contributed by atoms with van der Waals surface area (Å²) in [5.74, 6) is -0.593. The Morgan fingerprint density at radius 3 is 2.88 bits per heavy atom. The Hall–Kier alpha value is -0.940. The lowest BCUT2D eigenvalue weighted by Gasteiger charge is -2.05. The molecule has 1 aromatic rings. The Labute approximate surface area is 101 Å². The number of thioether (sulfide) groups is 1. The summed E-state index contributed by atoms with van der Waals surface area (Å²) in [6, 6.07) is 2.42. The van der Waals surface area contributed by atoms with E-state index in [2.05, 4.69) is 0 Å². The number of nitrogens with two attached hydrogens (primary N) is 1. The van der Waals surface area contributed by atoms with Crippen molar-refractivity contribution < 1.29 is 13.9 Å². The molecule has 0 unspecified atom stereocenters. The number of halogens is 2. The molecule has 16 heavy (non-hydrogen) atoms. The van der Waals surface area contributed by atoms with Crippen molar-refractivity contribution in [1.82, 2.24) is 0 Å². The lowest BCUT2D eigenvalue weighted by molar-refractivity contribution is 0.168. The molecule has 6 heteroatoms. The van der Waals surface area contributed by atoms with Crippen molar-refractivity contribution >= 4 is 34.4 Å². The molecular weight excluding hydrogens is 253 g/mol. The van der Waals surface area contributed by atoms with Gasteiger partial charge in [-0.25, -0.2) is 9.18 Å². The van der Waals surface area contributed by atoms with Crippen molar-refractivity contribution in [2.24, 2.45) is 0 Å². The second-order valence-electron chi connectivity index (χ2n) is 3.47. The van der Waals surface area contributed by atoms with Gasteiger partial charge in [-0.2, -0.15) is 0 Å². The molecule has 2 rings (SSSR count). The van der Waals surface area contributed by atoms with Gasteiger partial charge in [0.05, 0.1) is 10.7 Å². The third kappa shape index (κ3) is 2.80. The van der Waals surface area contributed by atoms with Crippen LogP contribution in [0.2, 0.25) is 5.02 Å². The summed E-state index contributed by atoms with van der Waals surface area (Å²) in [4.78, 5) is 11.8. The number of benzene rings is 1. The molecule has 0 bridgehead atoms. The second-order valence-corrected chi connectivity index (χ2v) is 4.86. The SMILES string of the molecule is Nc1cc(SC(=O)OC2CC2)c(Cl)cc1F. The number of rotatable bonds is 2. The Morgan fingerprint density at radius 1 is 1.56 bits per heavy atom. The van der Waals surface area contributed by atoms with Gasteiger partial charge in [0.2, 0.25) is 0 Å². The maximum Gasteiger partial charge on any atom is 0.372 e. The van der Waals surface area contributed by atoms with E-state index in [-0.39, 0.29) is 16.8 Å². The van der Waals surface area contributed by atoms with Crippen molar-refractivity contribution in [2.45, 2.75) is 23.8 Å². The molecule has 0 radical (unpaired) electrons. The van der Waals surface area contributed by atoms with Crippen molar-refractivity contribution in [3.05, 3.63) is 23.0 Å². The molecule has 86 valence electrons. The maximum atomic E-state index is 13.0. The van der Waals surface area contributed by atoms with Crippen LogP contribution in [0, 0.1) is 5.82 Å². The number of hydrogen-bond acceptors (Lipinski definition) is 4. The molecule has 0 aliphatic heterocycles. The third-order valence-electron chi connectivity index (χ3n) is 2.03. The Morgan fingerprint density at radius 2 is 2.25 bits per heavy atom. The number of carbonyl (C=O) groups is 1. The molecule has 1 aliphatic rings. The molecule has 2 N–H and O–H groups in total. The highest BCUT2D eigenvalue weighted by Gasteiger charge is 2.26. The van der Waals surface area contributed by atoms with E-state index in [1.807, 2.05) is 0 Å². The summed E-state index contributed by atoms with van der Waals surface area (Å²) >= 11 is 6.60. The molecule has 0 aromatic heterocycles. The second kappa shape index (κ2) is 4.51. The van der Waals surface area contributed by atoms with E-state index in [0.717, 1.165) is 30.7 Å². The third-order valence-corrected chi connectivity index (χ3v) is 3.28. The lowest BCUT2D eigenvalue weighted by Crippen LogP contribution is -1.99. The molecule has 1 aromatic carbocycles. The summed E-state index contributed by atoms with van der Waals surface area (Å²) < 4.78 is 18.0. The number of hydrogen-bond donors (Lipinski definition) is 1. The van der Waals surface area contributed by atoms with Crippen LogP contribution in [0.25, 0.3) is 0 Å². The lowest BCUT2D eigenvalue weighted by atomic mass is 10.3. The van der Waals surface area contributed by atoms with E-state index in [1.165, 1.54) is 6.07 Å². The van der Waals surface area contributed by atoms with Crippen LogP contribution in [0.5, 0.6) is 0 Å². The van der Waals surface area contributed by atoms with Gasteiger partial charge >= 0.3 is 5.30 Å². The zero-order chi connectivity index (χ0) is 11.7. The first-order valence-electron chi connectivity index (χ1n) is 4.69. The van der Waals surface area contributed by atoms with Crippen molar-refractivity contribution in [3.8, 4) is 0 Å². The van der Waals surface area contributed by atoms with Gasteiger partial charge in [0.25, 0.3) is 0 Å². The molecular formula is C10H9ClFNO2S. The average Bonchev–Trinajstić information content (AvgIpc) is 2.98. The van der Waals surface area contributed by atoms with Gasteiger partial charge < -0.3 is 10.5 Å². The number of ether oxygens (including phenoxy) is 1. The molecule has 3 nitrogen and oxygen atoms in total. The fourth-order valence-corrected chi connectivity index (χ4v) is 2.03. The molecule has 0 amide bonds. The summed E-state index contributed by atoms with van der Waals surface area (Å²) in [5, 5.41) is -0.278. The fraction of sp³-hybridized carbons (Fsp3) is 0.300. The van der Waals surface area contributed by atoms with Gasteiger partial charge in [-0.05, 0) is 36.7 Å². The summed E-state index contributed by atoms with van der Waals surface area (Å²) in [7, 11) is 0. The minimum Gasteiger partial charge on any atom is -0.454 e. The first-order valence-corrected chi connectivity index (χ1v) is 5.88. The van der Waals surface area contributed by atoms with Crippen molar-refractivity contribution in [1.29, 1.82) is 0 Å². The molecule has 0 atom stereocenters. The van der Waals surface area contributed by atoms with E-state index in [0.29, 0.717) is 4.90 Å². The highest BCUT2D eigenvalue weighted by atomic mass is 35.5. The van der Waals surface area contributed by atoms with Gasteiger partial charge in [-0.3, -0.25) is 0 Å². The predicted octanol–water partition coefficient (Wildman–Crippen LogP) is 3.45. The van der Waals surface area contributed by atoms with E-state index in [4.69, 9.17) is 22.1 Å². The van der Waals surface area contributed by atoms with Crippen molar-refractivity contribution in [3.63, 3.8) is 0 Å². The van der Waals surface area contributed by atoms with E-state index >= 15 is 0 Å². The average molecular weight is 262 g/mol. The van der Waals surface area contributed by atoms with Gasteiger partial charge in [0.1, 0.15) is 11.9 Å². The van der Waals surface area contributed by atoms with E-state index in [9.17, 15) is 9.18 Å². The molecule has 0 heterocycles. The van der Waals surface area contributed by atoms with Crippen molar-refractivity contribution in [2.75, 3.05) is 5.73 Å². The number of nitrogen functional groups attached to an aromatic ring is 1. The Kier molecular flexibility index (Phi) is 3.25. The first kappa shape index (κ1) is 11.5. The molecule has 1 fully saturated rings. The Bertz CT molecular complexity index is 437. The first-order chi connectivity index (χ1) is 7.56. The van der Waals surface area contributed by atoms with Crippen LogP contribution < -0.4 is 5.73 Å². The summed E-state index contributed by atoms with van der Waals surface area (Å²) in [6.45, 7) is 0. The minimum atomic E-state index is -0.593. The normalized spacial score (nSPS) is 14.9. The van der Waals surface area contributed by atoms with Gasteiger partial charge in [0.15, 0.2) is 0 Å². The summed E-state index contributed by atoms with van der Waals surface area (Å²) in [6.07, 6.45) is 1.86. The van der Waals surface area contributed by atoms with E-state index < -0.39 is 11.1 Å². The smallest absolute Gasteiger partial charge is 0.372 e. The monoisotopic (exact) mass is 261 g/mol. The topological polar surface area (TPSA) is 52.3 Å². The number of carbonyl (C=O) groups excluding carboxylic acids is 1. The zero-order valence-electron chi connectivity index (χ0n) is 8.20. The molecule has 0 saturated heterocycles. The maximum absolute atomic E-state index is 13.0. The van der Waals surface area contributed by atoms with Gasteiger partial charge in [-0.15, -0.1) is 0 Å². The zero-order valence-corrected chi connectivity index (χ0v) is 9.78. The summed E-state index contributed by atoms with van der Waals surface area (Å²) in [5.41, 5.74) is 5.34. The molecule has 1 aliphatic carbocycles.